The first-order valence-corrected chi connectivity index (χ1v) is 8.62. The number of thiazole rings is 1. The van der Waals surface area contributed by atoms with Gasteiger partial charge in [0, 0.05) is 24.0 Å². The Kier molecular flexibility index (Phi) is 4.71. The van der Waals surface area contributed by atoms with Crippen molar-refractivity contribution in [1.82, 2.24) is 9.88 Å². The zero-order valence-electron chi connectivity index (χ0n) is 13.0. The van der Waals surface area contributed by atoms with Crippen molar-refractivity contribution < 1.29 is 9.59 Å². The lowest BCUT2D eigenvalue weighted by molar-refractivity contribution is 0.0677. The molecule has 1 aliphatic rings. The first-order chi connectivity index (χ1) is 11.1. The van der Waals surface area contributed by atoms with Gasteiger partial charge in [0.15, 0.2) is 5.13 Å². The fraction of sp³-hybridized carbons (Fsp3) is 0.353. The van der Waals surface area contributed by atoms with E-state index >= 15 is 0 Å². The number of piperidine rings is 1. The Labute approximate surface area is 139 Å². The molecule has 6 heteroatoms. The molecule has 0 spiro atoms. The quantitative estimate of drug-likeness (QED) is 0.940. The van der Waals surface area contributed by atoms with E-state index in [9.17, 15) is 9.59 Å². The third-order valence-electron chi connectivity index (χ3n) is 3.92. The summed E-state index contributed by atoms with van der Waals surface area (Å²) in [5.41, 5.74) is 0.980. The average molecular weight is 329 g/mol. The molecule has 1 aromatic heterocycles. The molecule has 0 radical (unpaired) electrons. The van der Waals surface area contributed by atoms with Crippen molar-refractivity contribution in [3.05, 3.63) is 47.0 Å². The number of benzene rings is 1. The van der Waals surface area contributed by atoms with Crippen LogP contribution in [0.25, 0.3) is 0 Å². The van der Waals surface area contributed by atoms with Gasteiger partial charge in [-0.05, 0) is 30.9 Å². The number of likely N-dealkylation sites (tertiary alicyclic amines) is 1. The molecule has 2 heterocycles. The predicted octanol–water partition coefficient (Wildman–Crippen LogP) is 3.27. The molecule has 1 aromatic carbocycles. The Morgan fingerprint density at radius 1 is 1.30 bits per heavy atom. The molecular weight excluding hydrogens is 310 g/mol. The van der Waals surface area contributed by atoms with E-state index in [4.69, 9.17) is 0 Å². The third kappa shape index (κ3) is 3.76. The highest BCUT2D eigenvalue weighted by Gasteiger charge is 2.24. The first kappa shape index (κ1) is 15.7. The maximum atomic E-state index is 12.5. The number of aromatic nitrogens is 1. The Morgan fingerprint density at radius 2 is 2.09 bits per heavy atom. The van der Waals surface area contributed by atoms with Gasteiger partial charge in [0.2, 0.25) is 0 Å². The van der Waals surface area contributed by atoms with E-state index in [0.29, 0.717) is 22.3 Å². The SMILES string of the molecule is CC1CCCN(C(=O)c2csc(NC(=O)c3ccccc3)n2)C1. The Bertz CT molecular complexity index is 699. The van der Waals surface area contributed by atoms with Crippen LogP contribution in [0.3, 0.4) is 0 Å². The van der Waals surface area contributed by atoms with E-state index < -0.39 is 0 Å². The minimum atomic E-state index is -0.217. The fourth-order valence-electron chi connectivity index (χ4n) is 2.72. The zero-order valence-corrected chi connectivity index (χ0v) is 13.8. The minimum absolute atomic E-state index is 0.0481. The smallest absolute Gasteiger partial charge is 0.273 e. The molecule has 5 nitrogen and oxygen atoms in total. The van der Waals surface area contributed by atoms with Crippen LogP contribution in [0, 0.1) is 5.92 Å². The number of anilines is 1. The lowest BCUT2D eigenvalue weighted by atomic mass is 10.0. The Balaban J connectivity index is 1.66. The van der Waals surface area contributed by atoms with Gasteiger partial charge in [-0.15, -0.1) is 11.3 Å². The predicted molar refractivity (Wildman–Crippen MR) is 90.8 cm³/mol. The van der Waals surface area contributed by atoms with Crippen molar-refractivity contribution >= 4 is 28.3 Å². The third-order valence-corrected chi connectivity index (χ3v) is 4.68. The van der Waals surface area contributed by atoms with E-state index in [1.165, 1.54) is 17.8 Å². The number of carbonyl (C=O) groups is 2. The van der Waals surface area contributed by atoms with Crippen LogP contribution < -0.4 is 5.32 Å². The zero-order chi connectivity index (χ0) is 16.2. The molecule has 2 aromatic rings. The van der Waals surface area contributed by atoms with Crippen LogP contribution in [0.5, 0.6) is 0 Å². The van der Waals surface area contributed by atoms with Gasteiger partial charge in [-0.25, -0.2) is 4.98 Å². The number of carbonyl (C=O) groups excluding carboxylic acids is 2. The molecule has 3 rings (SSSR count). The van der Waals surface area contributed by atoms with Crippen LogP contribution in [0.2, 0.25) is 0 Å². The van der Waals surface area contributed by atoms with Crippen LogP contribution in [0.1, 0.15) is 40.6 Å². The molecule has 1 unspecified atom stereocenters. The molecule has 0 bridgehead atoms. The van der Waals surface area contributed by atoms with Gasteiger partial charge in [-0.2, -0.15) is 0 Å². The molecule has 1 fully saturated rings. The monoisotopic (exact) mass is 329 g/mol. The summed E-state index contributed by atoms with van der Waals surface area (Å²) in [6, 6.07) is 8.96. The van der Waals surface area contributed by atoms with Gasteiger partial charge in [0.1, 0.15) is 5.69 Å². The van der Waals surface area contributed by atoms with Gasteiger partial charge in [0.05, 0.1) is 0 Å². The summed E-state index contributed by atoms with van der Waals surface area (Å²) in [5.74, 6) is 0.266. The number of nitrogens with one attached hydrogen (secondary N) is 1. The van der Waals surface area contributed by atoms with Crippen molar-refractivity contribution in [2.75, 3.05) is 18.4 Å². The number of hydrogen-bond donors (Lipinski definition) is 1. The first-order valence-electron chi connectivity index (χ1n) is 7.74. The summed E-state index contributed by atoms with van der Waals surface area (Å²) in [4.78, 5) is 30.7. The highest BCUT2D eigenvalue weighted by molar-refractivity contribution is 7.14. The topological polar surface area (TPSA) is 62.3 Å². The maximum Gasteiger partial charge on any atom is 0.273 e. The Hall–Kier alpha value is -2.21. The van der Waals surface area contributed by atoms with Gasteiger partial charge >= 0.3 is 0 Å². The van der Waals surface area contributed by atoms with Crippen LogP contribution >= 0.6 is 11.3 Å². The molecule has 1 saturated heterocycles. The summed E-state index contributed by atoms with van der Waals surface area (Å²) in [6.07, 6.45) is 2.20. The normalized spacial score (nSPS) is 17.8. The average Bonchev–Trinajstić information content (AvgIpc) is 3.03. The summed E-state index contributed by atoms with van der Waals surface area (Å²) in [5, 5.41) is 4.90. The fourth-order valence-corrected chi connectivity index (χ4v) is 3.40. The van der Waals surface area contributed by atoms with Gasteiger partial charge < -0.3 is 4.90 Å². The van der Waals surface area contributed by atoms with Gasteiger partial charge in [-0.3, -0.25) is 14.9 Å². The summed E-state index contributed by atoms with van der Waals surface area (Å²) < 4.78 is 0. The highest BCUT2D eigenvalue weighted by atomic mass is 32.1. The van der Waals surface area contributed by atoms with Crippen molar-refractivity contribution in [2.24, 2.45) is 5.92 Å². The molecule has 120 valence electrons. The number of rotatable bonds is 3. The largest absolute Gasteiger partial charge is 0.337 e. The van der Waals surface area contributed by atoms with E-state index in [2.05, 4.69) is 17.2 Å². The van der Waals surface area contributed by atoms with Crippen LogP contribution in [-0.4, -0.2) is 34.8 Å². The lowest BCUT2D eigenvalue weighted by Gasteiger charge is -2.30. The molecule has 23 heavy (non-hydrogen) atoms. The van der Waals surface area contributed by atoms with E-state index in [1.54, 1.807) is 17.5 Å². The van der Waals surface area contributed by atoms with E-state index in [1.807, 2.05) is 23.1 Å². The van der Waals surface area contributed by atoms with E-state index in [0.717, 1.165) is 19.5 Å². The van der Waals surface area contributed by atoms with Crippen molar-refractivity contribution in [3.8, 4) is 0 Å². The van der Waals surface area contributed by atoms with Crippen molar-refractivity contribution in [2.45, 2.75) is 19.8 Å². The minimum Gasteiger partial charge on any atom is -0.337 e. The standard InChI is InChI=1S/C17H19N3O2S/c1-12-6-5-9-20(10-12)16(22)14-11-23-17(18-14)19-15(21)13-7-3-2-4-8-13/h2-4,7-8,11-12H,5-6,9-10H2,1H3,(H,18,19,21). The molecule has 2 amide bonds. The maximum absolute atomic E-state index is 12.5. The molecule has 1 aliphatic heterocycles. The molecule has 1 N–H and O–H groups in total. The summed E-state index contributed by atoms with van der Waals surface area (Å²) in [7, 11) is 0. The van der Waals surface area contributed by atoms with E-state index in [-0.39, 0.29) is 11.8 Å². The summed E-state index contributed by atoms with van der Waals surface area (Å²) in [6.45, 7) is 3.72. The molecule has 1 atom stereocenters. The number of hydrogen-bond acceptors (Lipinski definition) is 4. The number of amides is 2. The van der Waals surface area contributed by atoms with Crippen LogP contribution in [0.15, 0.2) is 35.7 Å². The second kappa shape index (κ2) is 6.91. The van der Waals surface area contributed by atoms with Gasteiger partial charge in [-0.1, -0.05) is 25.1 Å². The second-order valence-corrected chi connectivity index (χ2v) is 6.71. The Morgan fingerprint density at radius 3 is 2.83 bits per heavy atom. The van der Waals surface area contributed by atoms with Crippen molar-refractivity contribution in [1.29, 1.82) is 0 Å². The number of nitrogens with zero attached hydrogens (tertiary/aromatic N) is 2. The highest BCUT2D eigenvalue weighted by Crippen LogP contribution is 2.21. The van der Waals surface area contributed by atoms with Crippen LogP contribution in [0.4, 0.5) is 5.13 Å². The van der Waals surface area contributed by atoms with Crippen molar-refractivity contribution in [3.63, 3.8) is 0 Å². The summed E-state index contributed by atoms with van der Waals surface area (Å²) >= 11 is 1.28. The van der Waals surface area contributed by atoms with Crippen LogP contribution in [-0.2, 0) is 0 Å². The second-order valence-electron chi connectivity index (χ2n) is 5.86. The molecule has 0 aliphatic carbocycles. The molecular formula is C17H19N3O2S. The molecule has 0 saturated carbocycles. The van der Waals surface area contributed by atoms with Gasteiger partial charge in [0.25, 0.3) is 11.8 Å². The lowest BCUT2D eigenvalue weighted by Crippen LogP contribution is -2.39.